The molecule has 2 heteroatoms. The topological polar surface area (TPSA) is 29.5 Å². The summed E-state index contributed by atoms with van der Waals surface area (Å²) in [5.74, 6) is 0.655. The highest BCUT2D eigenvalue weighted by Crippen LogP contribution is 2.48. The van der Waals surface area contributed by atoms with E-state index in [0.29, 0.717) is 5.92 Å². The third kappa shape index (κ3) is 1.09. The van der Waals surface area contributed by atoms with Crippen molar-refractivity contribution in [2.45, 2.75) is 57.3 Å². The Morgan fingerprint density at radius 1 is 1.33 bits per heavy atom. The zero-order valence-electron chi connectivity index (χ0n) is 8.13. The van der Waals surface area contributed by atoms with Gasteiger partial charge in [0.15, 0.2) is 0 Å². The molecule has 2 rings (SSSR count). The summed E-state index contributed by atoms with van der Waals surface area (Å²) in [5, 5.41) is 9.97. The SMILES string of the molecule is CC1(C)O[C@H]2C[C@@H]1CC[C@]2(C)O. The zero-order valence-corrected chi connectivity index (χ0v) is 8.13. The van der Waals surface area contributed by atoms with Crippen LogP contribution in [-0.4, -0.2) is 22.4 Å². The number of hydrogen-bond acceptors (Lipinski definition) is 2. The van der Waals surface area contributed by atoms with Gasteiger partial charge in [0.1, 0.15) is 0 Å². The molecule has 1 saturated carbocycles. The Morgan fingerprint density at radius 3 is 2.58 bits per heavy atom. The Labute approximate surface area is 73.9 Å². The predicted octanol–water partition coefficient (Wildman–Crippen LogP) is 1.71. The smallest absolute Gasteiger partial charge is 0.0880 e. The normalized spacial score (nSPS) is 51.0. The molecule has 70 valence electrons. The second-order valence-electron chi connectivity index (χ2n) is 5.04. The molecule has 3 atom stereocenters. The molecule has 0 radical (unpaired) electrons. The van der Waals surface area contributed by atoms with E-state index in [1.165, 1.54) is 0 Å². The van der Waals surface area contributed by atoms with E-state index >= 15 is 0 Å². The molecule has 0 aromatic heterocycles. The third-order valence-corrected chi connectivity index (χ3v) is 3.62. The van der Waals surface area contributed by atoms with E-state index in [4.69, 9.17) is 4.74 Å². The zero-order chi connectivity index (χ0) is 8.98. The largest absolute Gasteiger partial charge is 0.387 e. The van der Waals surface area contributed by atoms with Gasteiger partial charge in [-0.2, -0.15) is 0 Å². The lowest BCUT2D eigenvalue weighted by Crippen LogP contribution is -2.41. The summed E-state index contributed by atoms with van der Waals surface area (Å²) in [6.45, 7) is 6.17. The summed E-state index contributed by atoms with van der Waals surface area (Å²) in [6, 6.07) is 0. The lowest BCUT2D eigenvalue weighted by molar-refractivity contribution is -0.112. The number of fused-ring (bicyclic) bond motifs is 2. The molecule has 2 bridgehead atoms. The van der Waals surface area contributed by atoms with Crippen LogP contribution in [0.3, 0.4) is 0 Å². The van der Waals surface area contributed by atoms with Gasteiger partial charge in [0.25, 0.3) is 0 Å². The van der Waals surface area contributed by atoms with Crippen LogP contribution in [0.15, 0.2) is 0 Å². The Bertz CT molecular complexity index is 194. The van der Waals surface area contributed by atoms with E-state index < -0.39 is 5.60 Å². The van der Waals surface area contributed by atoms with Crippen LogP contribution in [0.25, 0.3) is 0 Å². The molecule has 0 aromatic rings. The molecule has 1 aliphatic carbocycles. The van der Waals surface area contributed by atoms with Crippen molar-refractivity contribution >= 4 is 0 Å². The molecule has 1 heterocycles. The monoisotopic (exact) mass is 170 g/mol. The summed E-state index contributed by atoms with van der Waals surface area (Å²) in [7, 11) is 0. The van der Waals surface area contributed by atoms with E-state index in [2.05, 4.69) is 13.8 Å². The number of ether oxygens (including phenoxy) is 1. The maximum atomic E-state index is 9.97. The van der Waals surface area contributed by atoms with Gasteiger partial charge in [0.05, 0.1) is 17.3 Å². The molecule has 2 aliphatic rings. The molecular formula is C10H18O2. The van der Waals surface area contributed by atoms with E-state index in [9.17, 15) is 5.11 Å². The van der Waals surface area contributed by atoms with Crippen molar-refractivity contribution in [3.8, 4) is 0 Å². The van der Waals surface area contributed by atoms with Crippen LogP contribution in [0.1, 0.15) is 40.0 Å². The van der Waals surface area contributed by atoms with E-state index in [1.54, 1.807) is 0 Å². The minimum Gasteiger partial charge on any atom is -0.387 e. The molecular weight excluding hydrogens is 152 g/mol. The van der Waals surface area contributed by atoms with Gasteiger partial charge in [-0.1, -0.05) is 0 Å². The highest BCUT2D eigenvalue weighted by molar-refractivity contribution is 5.01. The number of aliphatic hydroxyl groups is 1. The van der Waals surface area contributed by atoms with Crippen LogP contribution >= 0.6 is 0 Å². The van der Waals surface area contributed by atoms with Crippen LogP contribution in [0, 0.1) is 5.92 Å². The van der Waals surface area contributed by atoms with Crippen molar-refractivity contribution in [2.24, 2.45) is 5.92 Å². The molecule has 1 saturated heterocycles. The molecule has 0 unspecified atom stereocenters. The average Bonchev–Trinajstić information content (AvgIpc) is 2.17. The fraction of sp³-hybridized carbons (Fsp3) is 1.00. The molecule has 2 nitrogen and oxygen atoms in total. The highest BCUT2D eigenvalue weighted by Gasteiger charge is 2.52. The maximum Gasteiger partial charge on any atom is 0.0880 e. The summed E-state index contributed by atoms with van der Waals surface area (Å²) >= 11 is 0. The lowest BCUT2D eigenvalue weighted by atomic mass is 9.75. The summed E-state index contributed by atoms with van der Waals surface area (Å²) in [4.78, 5) is 0. The molecule has 12 heavy (non-hydrogen) atoms. The van der Waals surface area contributed by atoms with Crippen molar-refractivity contribution in [1.82, 2.24) is 0 Å². The van der Waals surface area contributed by atoms with Crippen molar-refractivity contribution in [3.63, 3.8) is 0 Å². The predicted molar refractivity (Wildman–Crippen MR) is 46.9 cm³/mol. The molecule has 1 N–H and O–H groups in total. The molecule has 0 amide bonds. The van der Waals surface area contributed by atoms with Crippen LogP contribution in [0.5, 0.6) is 0 Å². The van der Waals surface area contributed by atoms with Gasteiger partial charge >= 0.3 is 0 Å². The third-order valence-electron chi connectivity index (χ3n) is 3.62. The van der Waals surface area contributed by atoms with Gasteiger partial charge in [-0.15, -0.1) is 0 Å². The van der Waals surface area contributed by atoms with E-state index in [0.717, 1.165) is 19.3 Å². The maximum absolute atomic E-state index is 9.97. The first kappa shape index (κ1) is 8.52. The Balaban J connectivity index is 2.21. The quantitative estimate of drug-likeness (QED) is 0.599. The van der Waals surface area contributed by atoms with Gasteiger partial charge in [-0.05, 0) is 46.0 Å². The molecule has 0 spiro atoms. The minimum atomic E-state index is -0.579. The highest BCUT2D eigenvalue weighted by atomic mass is 16.5. The van der Waals surface area contributed by atoms with Gasteiger partial charge < -0.3 is 9.84 Å². The summed E-state index contributed by atoms with van der Waals surface area (Å²) < 4.78 is 5.84. The van der Waals surface area contributed by atoms with Gasteiger partial charge in [-0.25, -0.2) is 0 Å². The summed E-state index contributed by atoms with van der Waals surface area (Å²) in [6.07, 6.45) is 3.12. The van der Waals surface area contributed by atoms with E-state index in [1.807, 2.05) is 6.92 Å². The number of hydrogen-bond donors (Lipinski definition) is 1. The fourth-order valence-electron chi connectivity index (χ4n) is 2.53. The van der Waals surface area contributed by atoms with Crippen molar-refractivity contribution in [1.29, 1.82) is 0 Å². The molecule has 1 aliphatic heterocycles. The lowest BCUT2D eigenvalue weighted by Gasteiger charge is -2.32. The second-order valence-corrected chi connectivity index (χ2v) is 5.04. The first-order valence-corrected chi connectivity index (χ1v) is 4.82. The average molecular weight is 170 g/mol. The van der Waals surface area contributed by atoms with Crippen molar-refractivity contribution < 1.29 is 9.84 Å². The van der Waals surface area contributed by atoms with Gasteiger partial charge in [0, 0.05) is 0 Å². The fourth-order valence-corrected chi connectivity index (χ4v) is 2.53. The first-order chi connectivity index (χ1) is 5.42. The standard InChI is InChI=1S/C10H18O2/c1-9(2)7-4-5-10(3,11)8(6-7)12-9/h7-8,11H,4-6H2,1-3H3/t7-,8-,10-/m0/s1. The Kier molecular flexibility index (Phi) is 1.59. The molecule has 0 aromatic carbocycles. The van der Waals surface area contributed by atoms with Gasteiger partial charge in [-0.3, -0.25) is 0 Å². The number of rotatable bonds is 0. The minimum absolute atomic E-state index is 0.00877. The van der Waals surface area contributed by atoms with Crippen LogP contribution in [0.4, 0.5) is 0 Å². The molecule has 2 fully saturated rings. The van der Waals surface area contributed by atoms with E-state index in [-0.39, 0.29) is 11.7 Å². The van der Waals surface area contributed by atoms with Crippen molar-refractivity contribution in [3.05, 3.63) is 0 Å². The van der Waals surface area contributed by atoms with Crippen LogP contribution in [0.2, 0.25) is 0 Å². The Morgan fingerprint density at radius 2 is 2.00 bits per heavy atom. The Hall–Kier alpha value is -0.0800. The van der Waals surface area contributed by atoms with Crippen LogP contribution < -0.4 is 0 Å². The summed E-state index contributed by atoms with van der Waals surface area (Å²) in [5.41, 5.74) is -0.588. The second kappa shape index (κ2) is 2.24. The first-order valence-electron chi connectivity index (χ1n) is 4.82. The van der Waals surface area contributed by atoms with Crippen molar-refractivity contribution in [2.75, 3.05) is 0 Å². The van der Waals surface area contributed by atoms with Gasteiger partial charge in [0.2, 0.25) is 0 Å². The van der Waals surface area contributed by atoms with Crippen LogP contribution in [-0.2, 0) is 4.74 Å².